The summed E-state index contributed by atoms with van der Waals surface area (Å²) in [7, 11) is 0. The molecule has 1 aromatic rings. The molecule has 2 saturated carbocycles. The average molecular weight is 371 g/mol. The Hall–Kier alpha value is -1.30. The van der Waals surface area contributed by atoms with Crippen LogP contribution in [-0.4, -0.2) is 58.7 Å². The molecule has 2 bridgehead atoms. The number of ether oxygens (including phenoxy) is 2. The zero-order valence-electron chi connectivity index (χ0n) is 16.0. The van der Waals surface area contributed by atoms with Crippen molar-refractivity contribution in [1.82, 2.24) is 4.90 Å². The number of nitrogens with zero attached hydrogens (tertiary/aromatic N) is 1. The molecule has 5 heteroatoms. The predicted octanol–water partition coefficient (Wildman–Crippen LogP) is 2.36. The standard InChI is InChI=1S/C22H29NO4/c1-2-26-16-7-8-22(25)17-11-14-5-6-15(24)19-18(14)21(22,20(16)27-19)9-10-23(17)12-13-3-4-13/h5-6,13,16-17,20,24-25H,2-4,7-12H2,1H3. The molecule has 2 N–H and O–H groups in total. The lowest BCUT2D eigenvalue weighted by molar-refractivity contribution is -0.214. The Morgan fingerprint density at radius 2 is 2.11 bits per heavy atom. The Kier molecular flexibility index (Phi) is 3.33. The average Bonchev–Trinajstić information content (AvgIpc) is 3.39. The summed E-state index contributed by atoms with van der Waals surface area (Å²) in [5.74, 6) is 1.63. The van der Waals surface area contributed by atoms with Crippen LogP contribution >= 0.6 is 0 Å². The van der Waals surface area contributed by atoms with E-state index in [4.69, 9.17) is 9.47 Å². The Balaban J connectivity index is 1.53. The van der Waals surface area contributed by atoms with Crippen LogP contribution in [0.1, 0.15) is 50.2 Å². The highest BCUT2D eigenvalue weighted by Gasteiger charge is 2.73. The van der Waals surface area contributed by atoms with E-state index >= 15 is 0 Å². The van der Waals surface area contributed by atoms with Crippen molar-refractivity contribution in [3.8, 4) is 11.5 Å². The number of hydrogen-bond donors (Lipinski definition) is 2. The quantitative estimate of drug-likeness (QED) is 0.851. The van der Waals surface area contributed by atoms with Gasteiger partial charge in [0.1, 0.15) is 6.10 Å². The van der Waals surface area contributed by atoms with Gasteiger partial charge in [-0.3, -0.25) is 4.90 Å². The fourth-order valence-corrected chi connectivity index (χ4v) is 6.82. The van der Waals surface area contributed by atoms with Gasteiger partial charge in [-0.25, -0.2) is 0 Å². The van der Waals surface area contributed by atoms with Crippen LogP contribution in [-0.2, 0) is 16.6 Å². The first-order chi connectivity index (χ1) is 13.1. The predicted molar refractivity (Wildman–Crippen MR) is 100 cm³/mol. The molecule has 5 unspecified atom stereocenters. The molecule has 5 aliphatic rings. The van der Waals surface area contributed by atoms with E-state index in [0.29, 0.717) is 12.4 Å². The van der Waals surface area contributed by atoms with Crippen molar-refractivity contribution in [3.05, 3.63) is 23.3 Å². The van der Waals surface area contributed by atoms with Crippen LogP contribution in [0.4, 0.5) is 0 Å². The second kappa shape index (κ2) is 5.40. The van der Waals surface area contributed by atoms with Crippen LogP contribution < -0.4 is 4.74 Å². The molecule has 3 fully saturated rings. The molecular formula is C22H29NO4. The number of rotatable bonds is 4. The first-order valence-corrected chi connectivity index (χ1v) is 10.7. The normalized spacial score (nSPS) is 41.9. The van der Waals surface area contributed by atoms with Crippen molar-refractivity contribution in [2.45, 2.75) is 74.7 Å². The molecule has 146 valence electrons. The minimum atomic E-state index is -0.801. The van der Waals surface area contributed by atoms with Gasteiger partial charge in [-0.1, -0.05) is 6.07 Å². The molecule has 1 spiro atoms. The monoisotopic (exact) mass is 371 g/mol. The summed E-state index contributed by atoms with van der Waals surface area (Å²) in [5, 5.41) is 22.8. The van der Waals surface area contributed by atoms with E-state index in [1.54, 1.807) is 6.07 Å². The van der Waals surface area contributed by atoms with Crippen molar-refractivity contribution in [2.75, 3.05) is 19.7 Å². The number of benzene rings is 1. The zero-order chi connectivity index (χ0) is 18.4. The number of phenols is 1. The van der Waals surface area contributed by atoms with Gasteiger partial charge in [-0.05, 0) is 69.5 Å². The van der Waals surface area contributed by atoms with Crippen molar-refractivity contribution in [1.29, 1.82) is 0 Å². The molecule has 2 heterocycles. The van der Waals surface area contributed by atoms with Gasteiger partial charge in [-0.15, -0.1) is 0 Å². The molecule has 1 aromatic carbocycles. The minimum absolute atomic E-state index is 0.0244. The third-order valence-corrected chi connectivity index (χ3v) is 8.09. The Morgan fingerprint density at radius 3 is 2.89 bits per heavy atom. The van der Waals surface area contributed by atoms with Crippen LogP contribution in [0.2, 0.25) is 0 Å². The zero-order valence-corrected chi connectivity index (χ0v) is 16.0. The largest absolute Gasteiger partial charge is 0.504 e. The molecule has 1 saturated heterocycles. The van der Waals surface area contributed by atoms with Crippen molar-refractivity contribution >= 4 is 0 Å². The highest BCUT2D eigenvalue weighted by atomic mass is 16.6. The molecular weight excluding hydrogens is 342 g/mol. The number of hydrogen-bond acceptors (Lipinski definition) is 5. The van der Waals surface area contributed by atoms with E-state index in [1.807, 2.05) is 6.92 Å². The lowest BCUT2D eigenvalue weighted by atomic mass is 9.48. The van der Waals surface area contributed by atoms with Gasteiger partial charge < -0.3 is 19.7 Å². The molecule has 5 nitrogen and oxygen atoms in total. The summed E-state index contributed by atoms with van der Waals surface area (Å²) in [6.45, 7) is 4.78. The van der Waals surface area contributed by atoms with Crippen molar-refractivity contribution in [2.24, 2.45) is 5.92 Å². The van der Waals surface area contributed by atoms with Crippen molar-refractivity contribution < 1.29 is 19.7 Å². The van der Waals surface area contributed by atoms with Crippen LogP contribution in [0.25, 0.3) is 0 Å². The highest BCUT2D eigenvalue weighted by Crippen LogP contribution is 2.65. The molecule has 2 aliphatic heterocycles. The summed E-state index contributed by atoms with van der Waals surface area (Å²) in [4.78, 5) is 2.56. The molecule has 0 radical (unpaired) electrons. The molecule has 27 heavy (non-hydrogen) atoms. The third-order valence-electron chi connectivity index (χ3n) is 8.09. The number of piperidine rings is 1. The molecule has 6 rings (SSSR count). The maximum absolute atomic E-state index is 12.2. The van der Waals surface area contributed by atoms with E-state index in [9.17, 15) is 10.2 Å². The van der Waals surface area contributed by atoms with Gasteiger partial charge in [-0.2, -0.15) is 0 Å². The van der Waals surface area contributed by atoms with E-state index in [0.717, 1.165) is 50.3 Å². The van der Waals surface area contributed by atoms with Crippen LogP contribution in [0.3, 0.4) is 0 Å². The lowest BCUT2D eigenvalue weighted by Gasteiger charge is -2.64. The van der Waals surface area contributed by atoms with E-state index in [2.05, 4.69) is 11.0 Å². The maximum Gasteiger partial charge on any atom is 0.165 e. The number of aromatic hydroxyl groups is 1. The Labute approximate surface area is 160 Å². The van der Waals surface area contributed by atoms with Gasteiger partial charge in [0.25, 0.3) is 0 Å². The number of likely N-dealkylation sites (tertiary alicyclic amines) is 1. The fourth-order valence-electron chi connectivity index (χ4n) is 6.82. The van der Waals surface area contributed by atoms with Gasteiger partial charge in [0.15, 0.2) is 11.5 Å². The first-order valence-electron chi connectivity index (χ1n) is 10.7. The second-order valence-electron chi connectivity index (χ2n) is 9.32. The van der Waals surface area contributed by atoms with Crippen LogP contribution in [0.5, 0.6) is 11.5 Å². The molecule has 0 aromatic heterocycles. The van der Waals surface area contributed by atoms with E-state index in [1.165, 1.54) is 18.4 Å². The fraction of sp³-hybridized carbons (Fsp3) is 0.727. The lowest BCUT2D eigenvalue weighted by Crippen LogP contribution is -2.77. The summed E-state index contributed by atoms with van der Waals surface area (Å²) in [5.41, 5.74) is 1.08. The molecule has 3 aliphatic carbocycles. The summed E-state index contributed by atoms with van der Waals surface area (Å²) in [6, 6.07) is 3.96. The van der Waals surface area contributed by atoms with Gasteiger partial charge >= 0.3 is 0 Å². The SMILES string of the molecule is CCOC1CCC2(O)C3Cc4ccc(O)c5c4C2(CCN3CC2CC2)C1O5. The Bertz CT molecular complexity index is 793. The maximum atomic E-state index is 12.2. The van der Waals surface area contributed by atoms with Gasteiger partial charge in [0.2, 0.25) is 0 Å². The Morgan fingerprint density at radius 1 is 1.26 bits per heavy atom. The van der Waals surface area contributed by atoms with E-state index in [-0.39, 0.29) is 24.0 Å². The summed E-state index contributed by atoms with van der Waals surface area (Å²) in [6.07, 6.45) is 5.73. The van der Waals surface area contributed by atoms with Crippen molar-refractivity contribution in [3.63, 3.8) is 0 Å². The smallest absolute Gasteiger partial charge is 0.165 e. The highest BCUT2D eigenvalue weighted by molar-refractivity contribution is 5.62. The second-order valence-corrected chi connectivity index (χ2v) is 9.32. The first kappa shape index (κ1) is 16.6. The van der Waals surface area contributed by atoms with Crippen LogP contribution in [0, 0.1) is 5.92 Å². The van der Waals surface area contributed by atoms with E-state index < -0.39 is 11.0 Å². The summed E-state index contributed by atoms with van der Waals surface area (Å²) < 4.78 is 12.5. The third kappa shape index (κ3) is 1.95. The summed E-state index contributed by atoms with van der Waals surface area (Å²) >= 11 is 0. The molecule has 5 atom stereocenters. The number of aliphatic hydroxyl groups is 1. The van der Waals surface area contributed by atoms with Gasteiger partial charge in [0.05, 0.1) is 17.1 Å². The minimum Gasteiger partial charge on any atom is -0.504 e. The topological polar surface area (TPSA) is 62.2 Å². The van der Waals surface area contributed by atoms with Gasteiger partial charge in [0, 0.05) is 24.8 Å². The van der Waals surface area contributed by atoms with Crippen LogP contribution in [0.15, 0.2) is 12.1 Å². The molecule has 0 amide bonds. The number of phenolic OH excluding ortho intramolecular Hbond substituents is 1.